The summed E-state index contributed by atoms with van der Waals surface area (Å²) in [6.45, 7) is 0.939. The largest absolute Gasteiger partial charge is 0.323 e. The van der Waals surface area contributed by atoms with Gasteiger partial charge >= 0.3 is 0 Å². The molecule has 0 atom stereocenters. The van der Waals surface area contributed by atoms with Crippen LogP contribution >= 0.6 is 0 Å². The fraction of sp³-hybridized carbons (Fsp3) is 0.312. The number of nitrogens with one attached hydrogen (secondary N) is 1. The van der Waals surface area contributed by atoms with Crippen molar-refractivity contribution in [3.8, 4) is 5.69 Å². The number of tetrazole rings is 1. The van der Waals surface area contributed by atoms with Crippen molar-refractivity contribution in [3.63, 3.8) is 0 Å². The topological polar surface area (TPSA) is 90.5 Å². The predicted molar refractivity (Wildman–Crippen MR) is 86.4 cm³/mol. The standard InChI is InChI=1S/C16H17N7O/c24-16(19-14-8-18-22(10-14)9-13-1-2-13)7-12-3-5-15(6-4-12)23-11-17-20-21-23/h3-6,8,10-11,13H,1-2,7,9H2,(H,19,24). The first-order chi connectivity index (χ1) is 11.8. The Kier molecular flexibility index (Phi) is 3.78. The van der Waals surface area contributed by atoms with E-state index >= 15 is 0 Å². The van der Waals surface area contributed by atoms with Gasteiger partial charge < -0.3 is 5.32 Å². The summed E-state index contributed by atoms with van der Waals surface area (Å²) in [5.41, 5.74) is 2.52. The molecule has 8 nitrogen and oxygen atoms in total. The summed E-state index contributed by atoms with van der Waals surface area (Å²) >= 11 is 0. The van der Waals surface area contributed by atoms with Gasteiger partial charge in [-0.05, 0) is 46.9 Å². The Morgan fingerprint density at radius 2 is 2.08 bits per heavy atom. The maximum atomic E-state index is 12.2. The van der Waals surface area contributed by atoms with Crippen molar-refractivity contribution in [1.29, 1.82) is 0 Å². The quantitative estimate of drug-likeness (QED) is 0.741. The fourth-order valence-electron chi connectivity index (χ4n) is 2.53. The Bertz CT molecular complexity index is 819. The fourth-order valence-corrected chi connectivity index (χ4v) is 2.53. The molecule has 1 amide bonds. The highest BCUT2D eigenvalue weighted by Crippen LogP contribution is 2.30. The molecule has 0 bridgehead atoms. The molecule has 0 spiro atoms. The summed E-state index contributed by atoms with van der Waals surface area (Å²) in [5.74, 6) is 0.697. The lowest BCUT2D eigenvalue weighted by Gasteiger charge is -2.04. The van der Waals surface area contributed by atoms with Gasteiger partial charge in [0.15, 0.2) is 0 Å². The van der Waals surface area contributed by atoms with Gasteiger partial charge in [0.25, 0.3) is 0 Å². The molecular weight excluding hydrogens is 306 g/mol. The number of rotatable bonds is 6. The highest BCUT2D eigenvalue weighted by molar-refractivity contribution is 5.92. The van der Waals surface area contributed by atoms with Crippen LogP contribution in [-0.2, 0) is 17.8 Å². The molecule has 8 heteroatoms. The summed E-state index contributed by atoms with van der Waals surface area (Å²) in [7, 11) is 0. The van der Waals surface area contributed by atoms with Crippen LogP contribution < -0.4 is 5.32 Å². The molecule has 1 saturated carbocycles. The van der Waals surface area contributed by atoms with Crippen LogP contribution in [-0.4, -0.2) is 35.9 Å². The predicted octanol–water partition coefficient (Wildman–Crippen LogP) is 1.45. The van der Waals surface area contributed by atoms with Gasteiger partial charge in [0, 0.05) is 12.7 Å². The number of anilines is 1. The van der Waals surface area contributed by atoms with E-state index in [9.17, 15) is 4.79 Å². The minimum absolute atomic E-state index is 0.0591. The number of carbonyl (C=O) groups excluding carboxylic acids is 1. The molecule has 1 aromatic carbocycles. The summed E-state index contributed by atoms with van der Waals surface area (Å²) in [5, 5.41) is 18.2. The van der Waals surface area contributed by atoms with Crippen LogP contribution in [0.3, 0.4) is 0 Å². The first-order valence-electron chi connectivity index (χ1n) is 7.91. The average molecular weight is 323 g/mol. The highest BCUT2D eigenvalue weighted by atomic mass is 16.1. The monoisotopic (exact) mass is 323 g/mol. The van der Waals surface area contributed by atoms with E-state index in [0.29, 0.717) is 6.42 Å². The minimum Gasteiger partial charge on any atom is -0.323 e. The van der Waals surface area contributed by atoms with E-state index in [-0.39, 0.29) is 5.91 Å². The third kappa shape index (κ3) is 3.48. The van der Waals surface area contributed by atoms with Gasteiger partial charge in [-0.2, -0.15) is 5.10 Å². The van der Waals surface area contributed by atoms with Crippen molar-refractivity contribution < 1.29 is 4.79 Å². The molecule has 2 aromatic heterocycles. The third-order valence-corrected chi connectivity index (χ3v) is 3.97. The van der Waals surface area contributed by atoms with Crippen LogP contribution in [0.4, 0.5) is 5.69 Å². The van der Waals surface area contributed by atoms with Gasteiger partial charge in [0.1, 0.15) is 6.33 Å². The van der Waals surface area contributed by atoms with E-state index < -0.39 is 0 Å². The molecule has 1 aliphatic rings. The van der Waals surface area contributed by atoms with E-state index in [1.807, 2.05) is 35.1 Å². The van der Waals surface area contributed by atoms with Gasteiger partial charge in [0.2, 0.25) is 5.91 Å². The van der Waals surface area contributed by atoms with Crippen LogP contribution in [0.5, 0.6) is 0 Å². The smallest absolute Gasteiger partial charge is 0.228 e. The lowest BCUT2D eigenvalue weighted by atomic mass is 10.1. The minimum atomic E-state index is -0.0591. The van der Waals surface area contributed by atoms with Crippen LogP contribution in [0.2, 0.25) is 0 Å². The lowest BCUT2D eigenvalue weighted by molar-refractivity contribution is -0.115. The molecule has 0 unspecified atom stereocenters. The molecular formula is C16H17N7O. The van der Waals surface area contributed by atoms with Gasteiger partial charge in [-0.3, -0.25) is 9.48 Å². The number of benzene rings is 1. The van der Waals surface area contributed by atoms with Crippen molar-refractivity contribution in [1.82, 2.24) is 30.0 Å². The Morgan fingerprint density at radius 1 is 1.25 bits per heavy atom. The van der Waals surface area contributed by atoms with Crippen molar-refractivity contribution in [2.75, 3.05) is 5.32 Å². The van der Waals surface area contributed by atoms with E-state index in [0.717, 1.165) is 29.4 Å². The number of nitrogens with zero attached hydrogens (tertiary/aromatic N) is 6. The molecule has 2 heterocycles. The zero-order valence-electron chi connectivity index (χ0n) is 13.0. The lowest BCUT2D eigenvalue weighted by Crippen LogP contribution is -2.14. The Hall–Kier alpha value is -3.03. The summed E-state index contributed by atoms with van der Waals surface area (Å²) in [6.07, 6.45) is 7.98. The summed E-state index contributed by atoms with van der Waals surface area (Å²) in [4.78, 5) is 12.2. The summed E-state index contributed by atoms with van der Waals surface area (Å²) in [6, 6.07) is 7.56. The van der Waals surface area contributed by atoms with Crippen molar-refractivity contribution in [2.45, 2.75) is 25.8 Å². The molecule has 1 fully saturated rings. The number of hydrogen-bond acceptors (Lipinski definition) is 5. The molecule has 0 saturated heterocycles. The zero-order chi connectivity index (χ0) is 16.4. The van der Waals surface area contributed by atoms with Crippen LogP contribution in [0.25, 0.3) is 5.69 Å². The Labute approximate surface area is 138 Å². The number of carbonyl (C=O) groups is 1. The third-order valence-electron chi connectivity index (χ3n) is 3.97. The second kappa shape index (κ2) is 6.23. The van der Waals surface area contributed by atoms with Crippen LogP contribution in [0.1, 0.15) is 18.4 Å². The van der Waals surface area contributed by atoms with E-state index in [2.05, 4.69) is 25.9 Å². The highest BCUT2D eigenvalue weighted by Gasteiger charge is 2.22. The maximum absolute atomic E-state index is 12.2. The second-order valence-corrected chi connectivity index (χ2v) is 6.04. The molecule has 1 aliphatic carbocycles. The van der Waals surface area contributed by atoms with Gasteiger partial charge in [-0.25, -0.2) is 4.68 Å². The molecule has 4 rings (SSSR count). The Morgan fingerprint density at radius 3 is 2.79 bits per heavy atom. The van der Waals surface area contributed by atoms with Crippen molar-refractivity contribution in [2.24, 2.45) is 5.92 Å². The molecule has 24 heavy (non-hydrogen) atoms. The van der Waals surface area contributed by atoms with Crippen LogP contribution in [0, 0.1) is 5.92 Å². The Balaban J connectivity index is 1.34. The maximum Gasteiger partial charge on any atom is 0.228 e. The summed E-state index contributed by atoms with van der Waals surface area (Å²) < 4.78 is 3.46. The SMILES string of the molecule is O=C(Cc1ccc(-n2cnnn2)cc1)Nc1cnn(CC2CC2)c1. The second-order valence-electron chi connectivity index (χ2n) is 6.04. The van der Waals surface area contributed by atoms with E-state index in [1.165, 1.54) is 19.2 Å². The van der Waals surface area contributed by atoms with Gasteiger partial charge in [0.05, 0.1) is 24.0 Å². The average Bonchev–Trinajstić information content (AvgIpc) is 3.05. The van der Waals surface area contributed by atoms with Gasteiger partial charge in [-0.15, -0.1) is 5.10 Å². The first-order valence-corrected chi connectivity index (χ1v) is 7.91. The first kappa shape index (κ1) is 14.6. The van der Waals surface area contributed by atoms with Crippen LogP contribution in [0.15, 0.2) is 43.0 Å². The molecule has 0 radical (unpaired) electrons. The zero-order valence-corrected chi connectivity index (χ0v) is 13.0. The molecule has 3 aromatic rings. The van der Waals surface area contributed by atoms with E-state index in [1.54, 1.807) is 10.9 Å². The van der Waals surface area contributed by atoms with Crippen molar-refractivity contribution >= 4 is 11.6 Å². The molecule has 1 N–H and O–H groups in total. The van der Waals surface area contributed by atoms with Gasteiger partial charge in [-0.1, -0.05) is 12.1 Å². The number of amides is 1. The van der Waals surface area contributed by atoms with E-state index in [4.69, 9.17) is 0 Å². The normalized spacial score (nSPS) is 13.8. The number of hydrogen-bond donors (Lipinski definition) is 1. The number of aromatic nitrogens is 6. The molecule has 0 aliphatic heterocycles. The molecule has 122 valence electrons. The van der Waals surface area contributed by atoms with Crippen molar-refractivity contribution in [3.05, 3.63) is 48.5 Å².